The Labute approximate surface area is 349 Å². The molecule has 0 spiro atoms. The van der Waals surface area contributed by atoms with Gasteiger partial charge in [0, 0.05) is 52.8 Å². The number of hydrogen-bond acceptors (Lipinski definition) is 10. The average molecular weight is 838 g/mol. The number of nitrogens with one attached hydrogen (secondary N) is 2. The van der Waals surface area contributed by atoms with E-state index in [1.807, 2.05) is 74.8 Å². The second kappa shape index (κ2) is 18.9. The molecule has 4 aromatic carbocycles. The van der Waals surface area contributed by atoms with Crippen LogP contribution >= 0.6 is 23.4 Å². The van der Waals surface area contributed by atoms with Gasteiger partial charge in [-0.15, -0.1) is 11.8 Å². The van der Waals surface area contributed by atoms with E-state index in [-0.39, 0.29) is 28.1 Å². The van der Waals surface area contributed by atoms with Gasteiger partial charge in [-0.3, -0.25) is 19.7 Å². The van der Waals surface area contributed by atoms with Gasteiger partial charge in [-0.05, 0) is 130 Å². The van der Waals surface area contributed by atoms with E-state index in [0.717, 1.165) is 73.4 Å². The number of sulfonamides is 1. The van der Waals surface area contributed by atoms with Crippen molar-refractivity contribution >= 4 is 72.6 Å². The van der Waals surface area contributed by atoms with Crippen molar-refractivity contribution in [2.75, 3.05) is 56.1 Å². The standard InChI is InChI=1S/C44H48ClN7O4S2/c1-50(2)23-22-36(29-57-37-9-4-3-5-10-37)48-41-19-17-38(27-43(41)52(53)54)58(55,56)49-44-40-18-14-33(26-42(40)46-30-47-44)31-20-24-51(25-21-31)28-34-8-6-7-11-39(34)32-12-15-35(45)16-13-32/h3-5,9-10,12-20,26-27,30,36,48H,6-8,11,21-25,28-29H2,1-2H3,(H,46,47,49). The van der Waals surface area contributed by atoms with Gasteiger partial charge in [-0.25, -0.2) is 18.4 Å². The van der Waals surface area contributed by atoms with Gasteiger partial charge in [-0.2, -0.15) is 0 Å². The number of benzene rings is 4. The predicted molar refractivity (Wildman–Crippen MR) is 237 cm³/mol. The molecule has 0 fully saturated rings. The van der Waals surface area contributed by atoms with Crippen LogP contribution in [0.15, 0.2) is 119 Å². The van der Waals surface area contributed by atoms with Crippen LogP contribution in [-0.4, -0.2) is 85.2 Å². The predicted octanol–water partition coefficient (Wildman–Crippen LogP) is 9.63. The van der Waals surface area contributed by atoms with Crippen LogP contribution in [0.1, 0.15) is 49.7 Å². The van der Waals surface area contributed by atoms with E-state index in [1.54, 1.807) is 11.8 Å². The molecule has 1 aromatic heterocycles. The second-order valence-corrected chi connectivity index (χ2v) is 18.3. The summed E-state index contributed by atoms with van der Waals surface area (Å²) in [5.41, 5.74) is 7.03. The lowest BCUT2D eigenvalue weighted by Gasteiger charge is -2.30. The molecule has 0 bridgehead atoms. The topological polar surface area (TPSA) is 134 Å². The molecule has 1 atom stereocenters. The normalized spacial score (nSPS) is 15.7. The molecule has 2 heterocycles. The summed E-state index contributed by atoms with van der Waals surface area (Å²) in [6.07, 6.45) is 9.86. The molecule has 0 saturated carbocycles. The van der Waals surface area contributed by atoms with Crippen molar-refractivity contribution < 1.29 is 13.3 Å². The average Bonchev–Trinajstić information content (AvgIpc) is 3.23. The Bertz CT molecular complexity index is 2430. The van der Waals surface area contributed by atoms with Crippen LogP contribution in [0.2, 0.25) is 5.02 Å². The number of halogens is 1. The molecule has 14 heteroatoms. The number of fused-ring (bicyclic) bond motifs is 1. The van der Waals surface area contributed by atoms with Crippen LogP contribution in [0, 0.1) is 10.1 Å². The maximum Gasteiger partial charge on any atom is 0.293 e. The molecule has 2 N–H and O–H groups in total. The number of aromatic nitrogens is 2. The Kier molecular flexibility index (Phi) is 13.5. The molecule has 0 saturated heterocycles. The molecule has 7 rings (SSSR count). The minimum absolute atomic E-state index is 0.101. The van der Waals surface area contributed by atoms with Crippen molar-refractivity contribution in [3.05, 3.63) is 135 Å². The van der Waals surface area contributed by atoms with Gasteiger partial charge >= 0.3 is 0 Å². The third-order valence-corrected chi connectivity index (χ3v) is 13.4. The van der Waals surface area contributed by atoms with Gasteiger partial charge in [-0.1, -0.05) is 59.6 Å². The number of nitro benzene ring substituents is 1. The fourth-order valence-electron chi connectivity index (χ4n) is 7.55. The minimum Gasteiger partial charge on any atom is -0.376 e. The Morgan fingerprint density at radius 3 is 2.47 bits per heavy atom. The first-order chi connectivity index (χ1) is 28.0. The van der Waals surface area contributed by atoms with Gasteiger partial charge in [0.25, 0.3) is 15.7 Å². The number of nitro groups is 1. The van der Waals surface area contributed by atoms with Gasteiger partial charge in [0.1, 0.15) is 12.0 Å². The van der Waals surface area contributed by atoms with Crippen LogP contribution in [0.4, 0.5) is 17.2 Å². The SMILES string of the molecule is CN(C)CCC(CSc1ccccc1)Nc1ccc(S(=O)(=O)Nc2ncnc3cc(C4=CCN(CC5=C(c6ccc(Cl)cc6)CCCC5)CC4)ccc23)cc1[N+](=O)[O-]. The number of rotatable bonds is 16. The first-order valence-corrected chi connectivity index (χ1v) is 22.4. The second-order valence-electron chi connectivity index (χ2n) is 15.1. The summed E-state index contributed by atoms with van der Waals surface area (Å²) in [6, 6.07) is 27.8. The molecular weight excluding hydrogens is 790 g/mol. The third kappa shape index (κ3) is 10.4. The fraction of sp³-hybridized carbons (Fsp3) is 0.318. The van der Waals surface area contributed by atoms with E-state index >= 15 is 0 Å². The van der Waals surface area contributed by atoms with E-state index in [1.165, 1.54) is 53.6 Å². The first-order valence-electron chi connectivity index (χ1n) is 19.6. The van der Waals surface area contributed by atoms with E-state index < -0.39 is 14.9 Å². The highest BCUT2D eigenvalue weighted by Crippen LogP contribution is 2.35. The molecule has 0 radical (unpaired) electrons. The number of nitrogens with zero attached hydrogens (tertiary/aromatic N) is 5. The molecule has 11 nitrogen and oxygen atoms in total. The molecule has 58 heavy (non-hydrogen) atoms. The van der Waals surface area contributed by atoms with Crippen molar-refractivity contribution in [1.29, 1.82) is 0 Å². The van der Waals surface area contributed by atoms with Crippen molar-refractivity contribution in [3.63, 3.8) is 0 Å². The largest absolute Gasteiger partial charge is 0.376 e. The fourth-order valence-corrected chi connectivity index (χ4v) is 9.72. The highest BCUT2D eigenvalue weighted by atomic mass is 35.5. The molecule has 1 aliphatic carbocycles. The van der Waals surface area contributed by atoms with Crippen LogP contribution < -0.4 is 10.0 Å². The van der Waals surface area contributed by atoms with Crippen molar-refractivity contribution in [3.8, 4) is 0 Å². The number of allylic oxidation sites excluding steroid dienone is 1. The Morgan fingerprint density at radius 1 is 0.948 bits per heavy atom. The lowest BCUT2D eigenvalue weighted by Crippen LogP contribution is -2.31. The summed E-state index contributed by atoms with van der Waals surface area (Å²) >= 11 is 7.83. The third-order valence-electron chi connectivity index (χ3n) is 10.7. The minimum atomic E-state index is -4.26. The zero-order valence-electron chi connectivity index (χ0n) is 32.7. The zero-order chi connectivity index (χ0) is 40.6. The molecular formula is C44H48ClN7O4S2. The molecule has 302 valence electrons. The smallest absolute Gasteiger partial charge is 0.293 e. The molecule has 0 amide bonds. The Hall–Kier alpha value is -4.79. The van der Waals surface area contributed by atoms with Crippen molar-refractivity contribution in [1.82, 2.24) is 19.8 Å². The van der Waals surface area contributed by atoms with Gasteiger partial charge < -0.3 is 10.2 Å². The van der Waals surface area contributed by atoms with Gasteiger partial charge in [0.05, 0.1) is 15.3 Å². The van der Waals surface area contributed by atoms with Crippen LogP contribution in [-0.2, 0) is 10.0 Å². The molecule has 5 aromatic rings. The van der Waals surface area contributed by atoms with Crippen LogP contribution in [0.25, 0.3) is 22.0 Å². The molecule has 1 aliphatic heterocycles. The summed E-state index contributed by atoms with van der Waals surface area (Å²) < 4.78 is 30.1. The molecule has 1 unspecified atom stereocenters. The summed E-state index contributed by atoms with van der Waals surface area (Å²) in [5, 5.41) is 16.9. The van der Waals surface area contributed by atoms with Crippen molar-refractivity contribution in [2.24, 2.45) is 0 Å². The highest BCUT2D eigenvalue weighted by Gasteiger charge is 2.25. The lowest BCUT2D eigenvalue weighted by molar-refractivity contribution is -0.384. The van der Waals surface area contributed by atoms with E-state index in [2.05, 4.69) is 48.0 Å². The van der Waals surface area contributed by atoms with Gasteiger partial charge in [0.2, 0.25) is 0 Å². The maximum absolute atomic E-state index is 13.7. The number of thioether (sulfide) groups is 1. The van der Waals surface area contributed by atoms with Crippen LogP contribution in [0.3, 0.4) is 0 Å². The zero-order valence-corrected chi connectivity index (χ0v) is 35.1. The lowest BCUT2D eigenvalue weighted by atomic mass is 9.87. The van der Waals surface area contributed by atoms with Crippen LogP contribution in [0.5, 0.6) is 0 Å². The summed E-state index contributed by atoms with van der Waals surface area (Å²) in [4.78, 5) is 25.9. The highest BCUT2D eigenvalue weighted by molar-refractivity contribution is 7.99. The monoisotopic (exact) mass is 837 g/mol. The summed E-state index contributed by atoms with van der Waals surface area (Å²) in [5.74, 6) is 0.768. The van der Waals surface area contributed by atoms with Crippen molar-refractivity contribution in [2.45, 2.75) is 54.4 Å². The Morgan fingerprint density at radius 2 is 1.72 bits per heavy atom. The number of hydrogen-bond donors (Lipinski definition) is 2. The van der Waals surface area contributed by atoms with Gasteiger partial charge in [0.15, 0.2) is 5.82 Å². The summed E-state index contributed by atoms with van der Waals surface area (Å²) in [6.45, 7) is 3.49. The maximum atomic E-state index is 13.7. The van der Waals surface area contributed by atoms with E-state index in [4.69, 9.17) is 11.6 Å². The van der Waals surface area contributed by atoms with E-state index in [9.17, 15) is 18.5 Å². The quantitative estimate of drug-likeness (QED) is 0.0562. The Balaban J connectivity index is 1.04. The van der Waals surface area contributed by atoms with E-state index in [0.29, 0.717) is 16.7 Å². The molecule has 2 aliphatic rings. The summed E-state index contributed by atoms with van der Waals surface area (Å²) in [7, 11) is -0.297. The number of anilines is 2. The first kappa shape index (κ1) is 41.4.